The van der Waals surface area contributed by atoms with Gasteiger partial charge in [0.2, 0.25) is 0 Å². The molecule has 1 aromatic heterocycles. The Bertz CT molecular complexity index is 658. The standard InChI is InChI=1S/C16H19FN2O3S/c1-10(8-21-3)18-16(20)15-11(2)19-14(23-15)9-22-13-6-4-12(17)5-7-13/h4-7,10H,8-9H2,1-3H3,(H,18,20)/t10-/m1/s1. The lowest BCUT2D eigenvalue weighted by atomic mass is 10.3. The number of hydrogen-bond acceptors (Lipinski definition) is 5. The van der Waals surface area contributed by atoms with Crippen molar-refractivity contribution in [2.24, 2.45) is 0 Å². The summed E-state index contributed by atoms with van der Waals surface area (Å²) in [5, 5.41) is 3.55. The number of carbonyl (C=O) groups excluding carboxylic acids is 1. The molecule has 0 saturated carbocycles. The van der Waals surface area contributed by atoms with E-state index in [-0.39, 0.29) is 24.4 Å². The number of benzene rings is 1. The van der Waals surface area contributed by atoms with E-state index >= 15 is 0 Å². The van der Waals surface area contributed by atoms with Crippen LogP contribution in [0.1, 0.15) is 27.3 Å². The van der Waals surface area contributed by atoms with Crippen molar-refractivity contribution in [3.8, 4) is 5.75 Å². The van der Waals surface area contributed by atoms with Crippen molar-refractivity contribution in [3.05, 3.63) is 45.7 Å². The van der Waals surface area contributed by atoms with E-state index in [4.69, 9.17) is 9.47 Å². The molecule has 0 unspecified atom stereocenters. The van der Waals surface area contributed by atoms with Gasteiger partial charge in [-0.2, -0.15) is 0 Å². The van der Waals surface area contributed by atoms with E-state index in [9.17, 15) is 9.18 Å². The third kappa shape index (κ3) is 5.01. The monoisotopic (exact) mass is 338 g/mol. The number of aryl methyl sites for hydroxylation is 1. The highest BCUT2D eigenvalue weighted by atomic mass is 32.1. The van der Waals surface area contributed by atoms with Crippen molar-refractivity contribution in [2.75, 3.05) is 13.7 Å². The molecule has 2 rings (SSSR count). The first-order valence-electron chi connectivity index (χ1n) is 7.14. The van der Waals surface area contributed by atoms with Gasteiger partial charge >= 0.3 is 0 Å². The fraction of sp³-hybridized carbons (Fsp3) is 0.375. The molecular formula is C16H19FN2O3S. The average molecular weight is 338 g/mol. The minimum Gasteiger partial charge on any atom is -0.486 e. The molecule has 2 aromatic rings. The van der Waals surface area contributed by atoms with Gasteiger partial charge in [-0.3, -0.25) is 4.79 Å². The van der Waals surface area contributed by atoms with Gasteiger partial charge in [0.25, 0.3) is 5.91 Å². The highest BCUT2D eigenvalue weighted by molar-refractivity contribution is 7.13. The van der Waals surface area contributed by atoms with E-state index in [1.807, 2.05) is 6.92 Å². The molecule has 1 heterocycles. The number of methoxy groups -OCH3 is 1. The first kappa shape index (κ1) is 17.4. The lowest BCUT2D eigenvalue weighted by molar-refractivity contribution is 0.0909. The van der Waals surface area contributed by atoms with E-state index in [1.165, 1.54) is 23.5 Å². The highest BCUT2D eigenvalue weighted by Crippen LogP contribution is 2.20. The van der Waals surface area contributed by atoms with Gasteiger partial charge in [0.1, 0.15) is 28.1 Å². The number of thiazole rings is 1. The number of nitrogens with one attached hydrogen (secondary N) is 1. The lowest BCUT2D eigenvalue weighted by Crippen LogP contribution is -2.35. The fourth-order valence-electron chi connectivity index (χ4n) is 1.98. The highest BCUT2D eigenvalue weighted by Gasteiger charge is 2.17. The Morgan fingerprint density at radius 2 is 2.09 bits per heavy atom. The van der Waals surface area contributed by atoms with Gasteiger partial charge in [-0.25, -0.2) is 9.37 Å². The Morgan fingerprint density at radius 3 is 2.74 bits per heavy atom. The molecule has 0 spiro atoms. The largest absolute Gasteiger partial charge is 0.486 e. The zero-order valence-corrected chi connectivity index (χ0v) is 14.1. The van der Waals surface area contributed by atoms with Gasteiger partial charge in [0.15, 0.2) is 0 Å². The molecule has 0 radical (unpaired) electrons. The number of halogens is 1. The summed E-state index contributed by atoms with van der Waals surface area (Å²) in [6, 6.07) is 5.69. The van der Waals surface area contributed by atoms with Crippen LogP contribution in [-0.2, 0) is 11.3 Å². The Labute approximate surface area is 138 Å². The van der Waals surface area contributed by atoms with Crippen LogP contribution in [0.15, 0.2) is 24.3 Å². The van der Waals surface area contributed by atoms with Gasteiger partial charge in [0.05, 0.1) is 12.3 Å². The van der Waals surface area contributed by atoms with E-state index in [0.717, 1.165) is 0 Å². The van der Waals surface area contributed by atoms with Crippen LogP contribution >= 0.6 is 11.3 Å². The second-order valence-electron chi connectivity index (χ2n) is 5.09. The second-order valence-corrected chi connectivity index (χ2v) is 6.18. The summed E-state index contributed by atoms with van der Waals surface area (Å²) in [7, 11) is 1.59. The molecule has 7 heteroatoms. The number of carbonyl (C=O) groups is 1. The summed E-state index contributed by atoms with van der Waals surface area (Å²) in [4.78, 5) is 17.1. The number of hydrogen-bond donors (Lipinski definition) is 1. The molecule has 0 aliphatic carbocycles. The molecule has 0 saturated heterocycles. The zero-order valence-electron chi connectivity index (χ0n) is 13.3. The quantitative estimate of drug-likeness (QED) is 0.843. The van der Waals surface area contributed by atoms with Crippen LogP contribution in [0.25, 0.3) is 0 Å². The van der Waals surface area contributed by atoms with E-state index in [0.29, 0.717) is 27.9 Å². The maximum atomic E-state index is 12.8. The topological polar surface area (TPSA) is 60.5 Å². The smallest absolute Gasteiger partial charge is 0.263 e. The molecule has 124 valence electrons. The molecular weight excluding hydrogens is 319 g/mol. The predicted molar refractivity (Wildman–Crippen MR) is 86.4 cm³/mol. The number of aromatic nitrogens is 1. The fourth-order valence-corrected chi connectivity index (χ4v) is 2.86. The molecule has 5 nitrogen and oxygen atoms in total. The van der Waals surface area contributed by atoms with E-state index < -0.39 is 0 Å². The van der Waals surface area contributed by atoms with E-state index in [2.05, 4.69) is 10.3 Å². The average Bonchev–Trinajstić information content (AvgIpc) is 2.88. The summed E-state index contributed by atoms with van der Waals surface area (Å²) in [6.45, 7) is 4.34. The maximum Gasteiger partial charge on any atom is 0.263 e. The van der Waals surface area contributed by atoms with Crippen LogP contribution in [0, 0.1) is 12.7 Å². The molecule has 0 bridgehead atoms. The lowest BCUT2D eigenvalue weighted by Gasteiger charge is -2.11. The van der Waals surface area contributed by atoms with Crippen LogP contribution in [0.3, 0.4) is 0 Å². The predicted octanol–water partition coefficient (Wildman–Crippen LogP) is 2.93. The van der Waals surface area contributed by atoms with Gasteiger partial charge in [-0.05, 0) is 38.1 Å². The van der Waals surface area contributed by atoms with Gasteiger partial charge in [0, 0.05) is 13.2 Å². The first-order chi connectivity index (χ1) is 11.0. The van der Waals surface area contributed by atoms with Crippen molar-refractivity contribution >= 4 is 17.2 Å². The minimum absolute atomic E-state index is 0.0760. The van der Waals surface area contributed by atoms with Crippen molar-refractivity contribution < 1.29 is 18.7 Å². The van der Waals surface area contributed by atoms with E-state index in [1.54, 1.807) is 26.2 Å². The Kier molecular flexibility index (Phi) is 6.06. The SMILES string of the molecule is COC[C@@H](C)NC(=O)c1sc(COc2ccc(F)cc2)nc1C. The van der Waals surface area contributed by atoms with Crippen molar-refractivity contribution in [2.45, 2.75) is 26.5 Å². The second kappa shape index (κ2) is 8.03. The Morgan fingerprint density at radius 1 is 1.39 bits per heavy atom. The van der Waals surface area contributed by atoms with Crippen LogP contribution in [-0.4, -0.2) is 30.6 Å². The summed E-state index contributed by atoms with van der Waals surface area (Å²) in [5.74, 6) is 0.0723. The van der Waals surface area contributed by atoms with Gasteiger partial charge < -0.3 is 14.8 Å². The molecule has 23 heavy (non-hydrogen) atoms. The molecule has 1 N–H and O–H groups in total. The number of amides is 1. The van der Waals surface area contributed by atoms with Crippen LogP contribution in [0.4, 0.5) is 4.39 Å². The molecule has 1 amide bonds. The normalized spacial score (nSPS) is 12.0. The van der Waals surface area contributed by atoms with Crippen molar-refractivity contribution in [3.63, 3.8) is 0 Å². The third-order valence-electron chi connectivity index (χ3n) is 3.02. The molecule has 0 fully saturated rings. The van der Waals surface area contributed by atoms with Crippen molar-refractivity contribution in [1.82, 2.24) is 10.3 Å². The van der Waals surface area contributed by atoms with Crippen LogP contribution in [0.5, 0.6) is 5.75 Å². The third-order valence-corrected chi connectivity index (χ3v) is 4.15. The van der Waals surface area contributed by atoms with Gasteiger partial charge in [-0.15, -0.1) is 11.3 Å². The minimum atomic E-state index is -0.313. The summed E-state index contributed by atoms with van der Waals surface area (Å²) in [6.07, 6.45) is 0. The Balaban J connectivity index is 1.97. The van der Waals surface area contributed by atoms with Gasteiger partial charge in [-0.1, -0.05) is 0 Å². The molecule has 0 aliphatic heterocycles. The molecule has 1 atom stereocenters. The summed E-state index contributed by atoms with van der Waals surface area (Å²) in [5.41, 5.74) is 0.662. The summed E-state index contributed by atoms with van der Waals surface area (Å²) >= 11 is 1.29. The first-order valence-corrected chi connectivity index (χ1v) is 7.95. The Hall–Kier alpha value is -1.99. The molecule has 0 aliphatic rings. The number of rotatable bonds is 7. The number of nitrogens with zero attached hydrogens (tertiary/aromatic N) is 1. The molecule has 1 aromatic carbocycles. The van der Waals surface area contributed by atoms with Crippen LogP contribution in [0.2, 0.25) is 0 Å². The van der Waals surface area contributed by atoms with Crippen LogP contribution < -0.4 is 10.1 Å². The zero-order chi connectivity index (χ0) is 16.8. The number of ether oxygens (including phenoxy) is 2. The van der Waals surface area contributed by atoms with Crippen molar-refractivity contribution in [1.29, 1.82) is 0 Å². The summed E-state index contributed by atoms with van der Waals surface area (Å²) < 4.78 is 23.4. The maximum absolute atomic E-state index is 12.8.